The van der Waals surface area contributed by atoms with Crippen molar-refractivity contribution in [1.29, 1.82) is 0 Å². The van der Waals surface area contributed by atoms with Crippen LogP contribution >= 0.6 is 0 Å². The molecular weight excluding hydrogens is 395 g/mol. The van der Waals surface area contributed by atoms with E-state index >= 15 is 0 Å². The monoisotopic (exact) mass is 417 g/mol. The second-order valence-corrected chi connectivity index (χ2v) is 6.62. The van der Waals surface area contributed by atoms with Crippen LogP contribution in [0.25, 0.3) is 0 Å². The number of rotatable bonds is 9. The fourth-order valence-corrected chi connectivity index (χ4v) is 3.22. The van der Waals surface area contributed by atoms with Crippen molar-refractivity contribution in [2.45, 2.75) is 32.0 Å². The summed E-state index contributed by atoms with van der Waals surface area (Å²) >= 11 is 0. The minimum atomic E-state index is -2.23. The van der Waals surface area contributed by atoms with Crippen LogP contribution in [-0.2, 0) is 22.7 Å². The number of nitrogens with two attached hydrogens (primary N) is 1. The van der Waals surface area contributed by atoms with E-state index in [0.29, 0.717) is 11.3 Å². The maximum absolute atomic E-state index is 14.1. The zero-order chi connectivity index (χ0) is 22.8. The number of halogens is 1. The molecule has 2 aromatic rings. The van der Waals surface area contributed by atoms with E-state index in [0.717, 1.165) is 4.90 Å². The van der Waals surface area contributed by atoms with E-state index in [4.69, 9.17) is 21.7 Å². The van der Waals surface area contributed by atoms with E-state index < -0.39 is 42.5 Å². The number of methoxy groups -OCH3 is 1. The van der Waals surface area contributed by atoms with Crippen LogP contribution in [0.3, 0.4) is 0 Å². The van der Waals surface area contributed by atoms with Gasteiger partial charge in [-0.1, -0.05) is 6.07 Å². The Labute approximate surface area is 173 Å². The molecule has 3 N–H and O–H groups in total. The van der Waals surface area contributed by atoms with Crippen molar-refractivity contribution >= 4 is 17.8 Å². The lowest BCUT2D eigenvalue weighted by Crippen LogP contribution is -2.45. The van der Waals surface area contributed by atoms with Crippen molar-refractivity contribution in [3.8, 4) is 11.5 Å². The van der Waals surface area contributed by atoms with Crippen LogP contribution in [-0.4, -0.2) is 40.9 Å². The molecule has 9 heteroatoms. The summed E-state index contributed by atoms with van der Waals surface area (Å²) < 4.78 is 33.3. The number of hydrogen-bond donors (Lipinski definition) is 2. The molecule has 0 saturated carbocycles. The van der Waals surface area contributed by atoms with E-state index in [1.165, 1.54) is 31.4 Å². The normalized spacial score (nSPS) is 15.2. The Bertz CT molecular complexity index is 1050. The molecule has 158 valence electrons. The highest BCUT2D eigenvalue weighted by atomic mass is 19.1. The number of benzene rings is 2. The van der Waals surface area contributed by atoms with Gasteiger partial charge in [0, 0.05) is 23.1 Å². The first-order valence-electron chi connectivity index (χ1n) is 9.58. The lowest BCUT2D eigenvalue weighted by atomic mass is 10.1. The summed E-state index contributed by atoms with van der Waals surface area (Å²) in [6, 6.07) is 6.64. The summed E-state index contributed by atoms with van der Waals surface area (Å²) in [6.07, 6.45) is -0.965. The molecule has 2 aromatic carbocycles. The Morgan fingerprint density at radius 2 is 2.13 bits per heavy atom. The van der Waals surface area contributed by atoms with Crippen molar-refractivity contribution in [1.82, 2.24) is 4.90 Å². The van der Waals surface area contributed by atoms with Gasteiger partial charge in [0.1, 0.15) is 29.9 Å². The Balaban J connectivity index is 1.86. The third kappa shape index (κ3) is 4.35. The van der Waals surface area contributed by atoms with Gasteiger partial charge in [-0.3, -0.25) is 14.4 Å². The van der Waals surface area contributed by atoms with Gasteiger partial charge in [-0.25, -0.2) is 4.39 Å². The van der Waals surface area contributed by atoms with Gasteiger partial charge in [0.2, 0.25) is 5.91 Å². The summed E-state index contributed by atoms with van der Waals surface area (Å²) in [5.41, 5.74) is 6.21. The highest BCUT2D eigenvalue weighted by molar-refractivity contribution is 6.01. The first-order valence-corrected chi connectivity index (χ1v) is 9.08. The largest absolute Gasteiger partial charge is 0.497 e. The number of nitrogens with zero attached hydrogens (tertiary/aromatic N) is 1. The zero-order valence-electron chi connectivity index (χ0n) is 17.2. The molecule has 0 radical (unpaired) electrons. The van der Waals surface area contributed by atoms with Gasteiger partial charge in [0.25, 0.3) is 5.91 Å². The lowest BCUT2D eigenvalue weighted by molar-refractivity contribution is -0.137. The number of ether oxygens (including phenoxy) is 2. The number of carbonyl (C=O) groups is 3. The number of carboxylic acid groups (broad SMARTS) is 1. The number of carboxylic acids is 1. The van der Waals surface area contributed by atoms with Crippen molar-refractivity contribution in [2.75, 3.05) is 7.11 Å². The highest BCUT2D eigenvalue weighted by Crippen LogP contribution is 2.33. The molecule has 3 rings (SSSR count). The van der Waals surface area contributed by atoms with Gasteiger partial charge in [-0.15, -0.1) is 0 Å². The van der Waals surface area contributed by atoms with Crippen molar-refractivity contribution < 1.29 is 34.7 Å². The van der Waals surface area contributed by atoms with E-state index in [1.807, 2.05) is 0 Å². The summed E-state index contributed by atoms with van der Waals surface area (Å²) in [5.74, 6) is -2.73. The molecule has 2 amide bonds. The lowest BCUT2D eigenvalue weighted by Gasteiger charge is -2.24. The number of hydrogen-bond acceptors (Lipinski definition) is 5. The van der Waals surface area contributed by atoms with Gasteiger partial charge in [0.05, 0.1) is 15.0 Å². The van der Waals surface area contributed by atoms with Gasteiger partial charge in [0.15, 0.2) is 0 Å². The molecule has 0 bridgehead atoms. The summed E-state index contributed by atoms with van der Waals surface area (Å²) in [7, 11) is 1.46. The summed E-state index contributed by atoms with van der Waals surface area (Å²) in [6.45, 7) is -0.314. The number of fused-ring (bicyclic) bond motifs is 1. The van der Waals surface area contributed by atoms with Crippen LogP contribution < -0.4 is 15.2 Å². The number of amides is 2. The van der Waals surface area contributed by atoms with Crippen LogP contribution in [0.5, 0.6) is 11.5 Å². The number of aliphatic carboxylic acids is 1. The van der Waals surface area contributed by atoms with Crippen LogP contribution in [0, 0.1) is 5.82 Å². The second kappa shape index (κ2) is 8.81. The Hall–Kier alpha value is -3.62. The third-order valence-corrected chi connectivity index (χ3v) is 4.75. The molecule has 1 atom stereocenters. The predicted octanol–water partition coefficient (Wildman–Crippen LogP) is 2.09. The molecule has 30 heavy (non-hydrogen) atoms. The molecule has 0 unspecified atom stereocenters. The van der Waals surface area contributed by atoms with Gasteiger partial charge in [-0.2, -0.15) is 0 Å². The van der Waals surface area contributed by atoms with E-state index in [1.54, 1.807) is 12.1 Å². The van der Waals surface area contributed by atoms with Gasteiger partial charge >= 0.3 is 5.97 Å². The van der Waals surface area contributed by atoms with E-state index in [-0.39, 0.29) is 30.0 Å². The first-order chi connectivity index (χ1) is 14.7. The molecule has 0 saturated heterocycles. The maximum atomic E-state index is 14.1. The second-order valence-electron chi connectivity index (χ2n) is 6.62. The molecule has 0 spiro atoms. The van der Waals surface area contributed by atoms with Crippen molar-refractivity contribution in [2.24, 2.45) is 5.73 Å². The highest BCUT2D eigenvalue weighted by Gasteiger charge is 2.37. The van der Waals surface area contributed by atoms with Crippen LogP contribution in [0.2, 0.25) is 0 Å². The minimum Gasteiger partial charge on any atom is -0.497 e. The third-order valence-electron chi connectivity index (χ3n) is 4.75. The molecule has 1 aliphatic rings. The topological polar surface area (TPSA) is 119 Å². The van der Waals surface area contributed by atoms with Gasteiger partial charge in [-0.05, 0) is 36.8 Å². The van der Waals surface area contributed by atoms with Gasteiger partial charge < -0.3 is 25.2 Å². The van der Waals surface area contributed by atoms with Crippen LogP contribution in [0.1, 0.15) is 35.7 Å². The maximum Gasteiger partial charge on any atom is 0.303 e. The van der Waals surface area contributed by atoms with Crippen LogP contribution in [0.4, 0.5) is 4.39 Å². The summed E-state index contributed by atoms with van der Waals surface area (Å²) in [5, 5.41) is 8.92. The average Bonchev–Trinajstić information content (AvgIpc) is 3.09. The Morgan fingerprint density at radius 1 is 1.37 bits per heavy atom. The van der Waals surface area contributed by atoms with E-state index in [2.05, 4.69) is 0 Å². The molecule has 1 heterocycles. The van der Waals surface area contributed by atoms with Crippen molar-refractivity contribution in [3.63, 3.8) is 0 Å². The zero-order valence-corrected chi connectivity index (χ0v) is 16.2. The Morgan fingerprint density at radius 3 is 2.80 bits per heavy atom. The first kappa shape index (κ1) is 19.7. The molecule has 8 nitrogen and oxygen atoms in total. The number of carbonyl (C=O) groups excluding carboxylic acids is 2. The average molecular weight is 417 g/mol. The fraction of sp³-hybridized carbons (Fsp3) is 0.286. The smallest absolute Gasteiger partial charge is 0.303 e. The predicted molar refractivity (Wildman–Crippen MR) is 103 cm³/mol. The molecule has 0 aliphatic carbocycles. The molecule has 0 fully saturated rings. The standard InChI is InChI=1S/C21H21FN2O6/c1-29-13-5-6-16(22)12(9-13)11-30-18-4-2-3-14-15(18)10-24(21(14)28)17(20(23)27)7-8-19(25)26/h2-6,9,17H,7-8,10-11H2,1H3,(H2,23,27)(H,25,26)/t17-/m0/s1/i17D. The molecular formula is C21H21FN2O6. The SMILES string of the molecule is [2H][C@](CCC(=O)O)(C(N)=O)N1Cc2c(OCc3cc(OC)ccc3F)cccc2C1=O. The van der Waals surface area contributed by atoms with Crippen molar-refractivity contribution in [3.05, 3.63) is 58.9 Å². The fourth-order valence-electron chi connectivity index (χ4n) is 3.22. The minimum absolute atomic E-state index is 0.144. The molecule has 1 aliphatic heterocycles. The van der Waals surface area contributed by atoms with E-state index in [9.17, 15) is 18.8 Å². The number of primary amides is 1. The van der Waals surface area contributed by atoms with Crippen LogP contribution in [0.15, 0.2) is 36.4 Å². The quantitative estimate of drug-likeness (QED) is 0.645. The summed E-state index contributed by atoms with van der Waals surface area (Å²) in [4.78, 5) is 36.7. The molecule has 0 aromatic heterocycles. The Kier molecular flexibility index (Phi) is 5.78.